The molecule has 1 rings (SSSR count). The Morgan fingerprint density at radius 2 is 2.47 bits per heavy atom. The molecule has 0 amide bonds. The van der Waals surface area contributed by atoms with E-state index in [-0.39, 0.29) is 12.5 Å². The number of hydrogen-bond donors (Lipinski definition) is 2. The van der Waals surface area contributed by atoms with E-state index in [0.29, 0.717) is 6.42 Å². The molecule has 0 aliphatic carbocycles. The average molecular weight is 292 g/mol. The lowest BCUT2D eigenvalue weighted by atomic mass is 10.2. The van der Waals surface area contributed by atoms with E-state index in [0.717, 1.165) is 11.0 Å². The summed E-state index contributed by atoms with van der Waals surface area (Å²) in [6.45, 7) is 2.82. The number of carboxylic acid groups (broad SMARTS) is 1. The number of halogens is 1. The van der Waals surface area contributed by atoms with Crippen LogP contribution in [0.25, 0.3) is 0 Å². The Morgan fingerprint density at radius 3 is 3.00 bits per heavy atom. The van der Waals surface area contributed by atoms with Crippen LogP contribution in [0.15, 0.2) is 15.9 Å². The van der Waals surface area contributed by atoms with E-state index in [9.17, 15) is 4.79 Å². The minimum absolute atomic E-state index is 0.230. The Hall–Kier alpha value is -0.390. The Balaban J connectivity index is 2.24. The van der Waals surface area contributed by atoms with Gasteiger partial charge >= 0.3 is 5.97 Å². The molecular formula is C10H14BrNO2S. The van der Waals surface area contributed by atoms with Gasteiger partial charge < -0.3 is 10.4 Å². The van der Waals surface area contributed by atoms with Crippen LogP contribution in [-0.2, 0) is 4.79 Å². The molecule has 0 aromatic carbocycles. The fourth-order valence-electron chi connectivity index (χ4n) is 1.21. The van der Waals surface area contributed by atoms with Gasteiger partial charge in [-0.2, -0.15) is 0 Å². The Labute approximate surface area is 102 Å². The molecule has 1 heterocycles. The van der Waals surface area contributed by atoms with Crippen molar-refractivity contribution in [3.05, 3.63) is 20.8 Å². The number of rotatable bonds is 6. The summed E-state index contributed by atoms with van der Waals surface area (Å²) in [5.41, 5.74) is 0. The van der Waals surface area contributed by atoms with E-state index < -0.39 is 5.97 Å². The van der Waals surface area contributed by atoms with Gasteiger partial charge in [-0.15, -0.1) is 11.3 Å². The first kappa shape index (κ1) is 12.7. The van der Waals surface area contributed by atoms with Crippen molar-refractivity contribution in [2.45, 2.75) is 25.8 Å². The van der Waals surface area contributed by atoms with Gasteiger partial charge in [0.2, 0.25) is 0 Å². The summed E-state index contributed by atoms with van der Waals surface area (Å²) >= 11 is 5.10. The fourth-order valence-corrected chi connectivity index (χ4v) is 2.69. The summed E-state index contributed by atoms with van der Waals surface area (Å²) in [5, 5.41) is 13.8. The Bertz CT molecular complexity index is 327. The molecule has 0 fully saturated rings. The summed E-state index contributed by atoms with van der Waals surface area (Å²) in [6, 6.07) is 2.37. The molecule has 0 saturated carbocycles. The monoisotopic (exact) mass is 291 g/mol. The van der Waals surface area contributed by atoms with Crippen LogP contribution >= 0.6 is 27.3 Å². The Morgan fingerprint density at radius 1 is 1.73 bits per heavy atom. The molecule has 15 heavy (non-hydrogen) atoms. The van der Waals surface area contributed by atoms with Crippen molar-refractivity contribution in [1.29, 1.82) is 0 Å². The molecule has 0 bridgehead atoms. The van der Waals surface area contributed by atoms with Crippen LogP contribution in [-0.4, -0.2) is 17.6 Å². The molecule has 3 nitrogen and oxygen atoms in total. The minimum atomic E-state index is -0.733. The number of aliphatic carboxylic acids is 1. The predicted molar refractivity (Wildman–Crippen MR) is 65.3 cm³/mol. The predicted octanol–water partition coefficient (Wildman–Crippen LogP) is 3.03. The maximum Gasteiger partial charge on any atom is 0.303 e. The van der Waals surface area contributed by atoms with E-state index in [4.69, 9.17) is 5.11 Å². The molecule has 1 atom stereocenters. The first-order chi connectivity index (χ1) is 7.09. The number of nitrogens with one attached hydrogen (secondary N) is 1. The summed E-state index contributed by atoms with van der Waals surface area (Å²) in [6.07, 6.45) is 0.903. The molecule has 1 aromatic heterocycles. The van der Waals surface area contributed by atoms with Crippen molar-refractivity contribution in [3.63, 3.8) is 0 Å². The molecular weight excluding hydrogens is 278 g/mol. The minimum Gasteiger partial charge on any atom is -0.481 e. The lowest BCUT2D eigenvalue weighted by Gasteiger charge is -2.10. The fraction of sp³-hybridized carbons (Fsp3) is 0.500. The average Bonchev–Trinajstić information content (AvgIpc) is 2.59. The topological polar surface area (TPSA) is 49.3 Å². The van der Waals surface area contributed by atoms with Gasteiger partial charge in [0.05, 0.1) is 0 Å². The lowest BCUT2D eigenvalue weighted by Crippen LogP contribution is -2.19. The van der Waals surface area contributed by atoms with Gasteiger partial charge in [0.15, 0.2) is 0 Å². The molecule has 0 spiro atoms. The highest BCUT2D eigenvalue weighted by Crippen LogP contribution is 2.25. The van der Waals surface area contributed by atoms with Crippen LogP contribution < -0.4 is 5.32 Å². The van der Waals surface area contributed by atoms with Gasteiger partial charge in [0, 0.05) is 27.2 Å². The lowest BCUT2D eigenvalue weighted by molar-refractivity contribution is -0.137. The largest absolute Gasteiger partial charge is 0.481 e. The molecule has 2 N–H and O–H groups in total. The highest BCUT2D eigenvalue weighted by Gasteiger charge is 2.07. The third-order valence-electron chi connectivity index (χ3n) is 2.03. The molecule has 84 valence electrons. The summed E-state index contributed by atoms with van der Waals surface area (Å²) < 4.78 is 1.10. The van der Waals surface area contributed by atoms with Gasteiger partial charge in [0.1, 0.15) is 0 Å². The van der Waals surface area contributed by atoms with Crippen molar-refractivity contribution < 1.29 is 9.90 Å². The maximum absolute atomic E-state index is 10.3. The zero-order valence-electron chi connectivity index (χ0n) is 8.50. The SMILES string of the molecule is CC(NCCCC(=O)O)c1cc(Br)cs1. The van der Waals surface area contributed by atoms with E-state index in [1.54, 1.807) is 11.3 Å². The summed E-state index contributed by atoms with van der Waals surface area (Å²) in [7, 11) is 0. The Kier molecular flexibility index (Phi) is 5.28. The number of carboxylic acids is 1. The number of thiophene rings is 1. The van der Waals surface area contributed by atoms with Crippen LogP contribution in [0.5, 0.6) is 0 Å². The van der Waals surface area contributed by atoms with Crippen LogP contribution in [0.2, 0.25) is 0 Å². The zero-order valence-corrected chi connectivity index (χ0v) is 10.9. The second kappa shape index (κ2) is 6.25. The number of carbonyl (C=O) groups is 1. The van der Waals surface area contributed by atoms with Crippen molar-refractivity contribution in [1.82, 2.24) is 5.32 Å². The van der Waals surface area contributed by atoms with Crippen LogP contribution in [0.4, 0.5) is 0 Å². The normalized spacial score (nSPS) is 12.7. The third kappa shape index (κ3) is 4.77. The zero-order chi connectivity index (χ0) is 11.3. The molecule has 1 aromatic rings. The first-order valence-electron chi connectivity index (χ1n) is 4.78. The van der Waals surface area contributed by atoms with E-state index in [1.807, 2.05) is 5.38 Å². The van der Waals surface area contributed by atoms with Gasteiger partial charge in [-0.25, -0.2) is 0 Å². The highest BCUT2D eigenvalue weighted by atomic mass is 79.9. The van der Waals surface area contributed by atoms with E-state index in [2.05, 4.69) is 34.2 Å². The molecule has 0 radical (unpaired) electrons. The van der Waals surface area contributed by atoms with Gasteiger partial charge in [-0.1, -0.05) is 0 Å². The standard InChI is InChI=1S/C10H14BrNO2S/c1-7(9-5-8(11)6-15-9)12-4-2-3-10(13)14/h5-7,12H,2-4H2,1H3,(H,13,14). The van der Waals surface area contributed by atoms with E-state index >= 15 is 0 Å². The van der Waals surface area contributed by atoms with Gasteiger partial charge in [0.25, 0.3) is 0 Å². The summed E-state index contributed by atoms with van der Waals surface area (Å²) in [4.78, 5) is 11.5. The molecule has 0 saturated heterocycles. The van der Waals surface area contributed by atoms with Crippen LogP contribution in [0.3, 0.4) is 0 Å². The quantitative estimate of drug-likeness (QED) is 0.792. The van der Waals surface area contributed by atoms with Gasteiger partial charge in [-0.3, -0.25) is 4.79 Å². The molecule has 5 heteroatoms. The second-order valence-electron chi connectivity index (χ2n) is 3.34. The van der Waals surface area contributed by atoms with E-state index in [1.165, 1.54) is 4.88 Å². The third-order valence-corrected chi connectivity index (χ3v) is 3.91. The first-order valence-corrected chi connectivity index (χ1v) is 6.46. The van der Waals surface area contributed by atoms with Gasteiger partial charge in [-0.05, 0) is 41.9 Å². The maximum atomic E-state index is 10.3. The van der Waals surface area contributed by atoms with Crippen molar-refractivity contribution in [2.24, 2.45) is 0 Å². The molecule has 0 aliphatic rings. The van der Waals surface area contributed by atoms with Crippen LogP contribution in [0, 0.1) is 0 Å². The summed E-state index contributed by atoms with van der Waals surface area (Å²) in [5.74, 6) is -0.733. The molecule has 0 aliphatic heterocycles. The van der Waals surface area contributed by atoms with Crippen molar-refractivity contribution in [2.75, 3.05) is 6.54 Å². The smallest absolute Gasteiger partial charge is 0.303 e. The molecule has 1 unspecified atom stereocenters. The van der Waals surface area contributed by atoms with Crippen LogP contribution in [0.1, 0.15) is 30.7 Å². The highest BCUT2D eigenvalue weighted by molar-refractivity contribution is 9.10. The van der Waals surface area contributed by atoms with Crippen molar-refractivity contribution >= 4 is 33.2 Å². The van der Waals surface area contributed by atoms with Crippen molar-refractivity contribution in [3.8, 4) is 0 Å². The number of hydrogen-bond acceptors (Lipinski definition) is 3. The second-order valence-corrected chi connectivity index (χ2v) is 5.20.